The summed E-state index contributed by atoms with van der Waals surface area (Å²) in [5.41, 5.74) is 35.7. The second-order valence-corrected chi connectivity index (χ2v) is 17.8. The average molecular weight is 1030 g/mol. The van der Waals surface area contributed by atoms with Crippen LogP contribution in [-0.4, -0.2) is 139 Å². The first kappa shape index (κ1) is 58.3. The number of hydrogen-bond donors (Lipinski definition) is 15. The lowest BCUT2D eigenvalue weighted by Crippen LogP contribution is -2.60. The highest BCUT2D eigenvalue weighted by molar-refractivity contribution is 5.98. The number of nitrogens with two attached hydrogens (primary N) is 6. The van der Waals surface area contributed by atoms with Crippen molar-refractivity contribution >= 4 is 76.0 Å². The Morgan fingerprint density at radius 1 is 0.689 bits per heavy atom. The number of nitrogens with zero attached hydrogens (tertiary/aromatic N) is 2. The molecule has 0 unspecified atom stereocenters. The smallest absolute Gasteiger partial charge is 0.243 e. The van der Waals surface area contributed by atoms with Crippen LogP contribution >= 0.6 is 0 Å². The third-order valence-electron chi connectivity index (χ3n) is 11.9. The summed E-state index contributed by atoms with van der Waals surface area (Å²) in [5, 5.41) is 22.1. The number of para-hydroxylation sites is 1. The summed E-state index contributed by atoms with van der Waals surface area (Å²) >= 11 is 0. The molecular formula is C48H71N17O9. The van der Waals surface area contributed by atoms with Crippen LogP contribution in [0.2, 0.25) is 0 Å². The number of hydrogen-bond acceptors (Lipinski definition) is 12. The summed E-state index contributed by atoms with van der Waals surface area (Å²) in [7, 11) is 0. The van der Waals surface area contributed by atoms with Crippen LogP contribution in [0.1, 0.15) is 75.8 Å². The van der Waals surface area contributed by atoms with E-state index in [2.05, 4.69) is 57.5 Å². The van der Waals surface area contributed by atoms with Crippen molar-refractivity contribution in [2.45, 2.75) is 120 Å². The molecule has 2 aromatic carbocycles. The van der Waals surface area contributed by atoms with E-state index in [4.69, 9.17) is 34.4 Å². The Balaban J connectivity index is 1.75. The molecule has 1 fully saturated rings. The van der Waals surface area contributed by atoms with Crippen molar-refractivity contribution in [1.82, 2.24) is 47.5 Å². The lowest BCUT2D eigenvalue weighted by molar-refractivity contribution is -0.135. The van der Waals surface area contributed by atoms with Gasteiger partial charge in [0.05, 0.1) is 0 Å². The number of fused-ring (bicyclic) bond motifs is 1. The average Bonchev–Trinajstić information content (AvgIpc) is 3.76. The molecule has 21 N–H and O–H groups in total. The number of nitrogens with one attached hydrogen (secondary N) is 9. The predicted molar refractivity (Wildman–Crippen MR) is 276 cm³/mol. The standard InChI is InChI=1S/C48H71N17O9/c1-27(66)59-33(15-8-21-56-47(51)52)41(69)63-36-19-23-55-39(67)17-7-14-32(40(50)68)60-46(74)38(25-29-26-58-31-13-6-5-12-30(29)31)65-42(70)34(16-9-22-57-48(53)54)61-45(73)37(24-28-10-3-2-4-11-28)64-43(71)35(18-20-49)62-44(36)72/h2-6,10-13,26,32-38,58H,7-9,14-25,49H2,1H3,(H2,50,68)(H,55,67)(H,59,66)(H,60,74)(H,61,73)(H,62,72)(H,63,69)(H,64,71)(H,65,70)(H4,51,52,56)(H4,53,54,57)/t32-,33-,34-,35-,36-,37+,38-/m0/s1. The van der Waals surface area contributed by atoms with Gasteiger partial charge in [-0.1, -0.05) is 48.5 Å². The highest BCUT2D eigenvalue weighted by atomic mass is 16.2. The van der Waals surface area contributed by atoms with E-state index in [9.17, 15) is 43.2 Å². The molecule has 1 aliphatic rings. The van der Waals surface area contributed by atoms with Crippen molar-refractivity contribution in [1.29, 1.82) is 0 Å². The van der Waals surface area contributed by atoms with Crippen molar-refractivity contribution in [2.75, 3.05) is 26.2 Å². The van der Waals surface area contributed by atoms with E-state index in [1.807, 2.05) is 18.2 Å². The molecule has 1 saturated heterocycles. The molecule has 3 aromatic rings. The SMILES string of the molecule is CC(=O)N[C@@H](CCCN=C(N)N)C(=O)N[C@H]1CCNC(=O)CCC[C@@H](C(N)=O)NC(=O)[C@H](Cc2c[nH]c3ccccc23)NC(=O)[C@H](CCCN=C(N)N)NC(=O)[C@@H](Cc2ccccc2)NC(=O)[C@H](CCN)NC1=O. The van der Waals surface area contributed by atoms with E-state index < -0.39 is 95.5 Å². The van der Waals surface area contributed by atoms with Crippen LogP contribution in [0.25, 0.3) is 10.9 Å². The van der Waals surface area contributed by atoms with Crippen molar-refractivity contribution in [3.8, 4) is 0 Å². The van der Waals surface area contributed by atoms with Crippen molar-refractivity contribution < 1.29 is 43.2 Å². The van der Waals surface area contributed by atoms with Gasteiger partial charge in [-0.05, 0) is 75.1 Å². The zero-order chi connectivity index (χ0) is 54.2. The number of amides is 9. The molecular weight excluding hydrogens is 959 g/mol. The van der Waals surface area contributed by atoms with Gasteiger partial charge >= 0.3 is 0 Å². The molecule has 4 rings (SSSR count). The molecule has 0 saturated carbocycles. The molecule has 2 heterocycles. The van der Waals surface area contributed by atoms with Crippen LogP contribution in [0.15, 0.2) is 70.8 Å². The third-order valence-corrected chi connectivity index (χ3v) is 11.9. The number of benzene rings is 2. The maximum absolute atomic E-state index is 14.6. The molecule has 1 aromatic heterocycles. The topological polar surface area (TPSA) is 446 Å². The molecule has 0 radical (unpaired) electrons. The van der Waals surface area contributed by atoms with E-state index in [1.165, 1.54) is 6.92 Å². The quantitative estimate of drug-likeness (QED) is 0.0328. The summed E-state index contributed by atoms with van der Waals surface area (Å²) < 4.78 is 0. The fraction of sp³-hybridized carbons (Fsp3) is 0.479. The number of aromatic amines is 1. The second-order valence-electron chi connectivity index (χ2n) is 17.8. The predicted octanol–water partition coefficient (Wildman–Crippen LogP) is -4.00. The monoisotopic (exact) mass is 1030 g/mol. The zero-order valence-corrected chi connectivity index (χ0v) is 41.5. The van der Waals surface area contributed by atoms with Gasteiger partial charge in [0.1, 0.15) is 42.3 Å². The first-order chi connectivity index (χ1) is 35.3. The van der Waals surface area contributed by atoms with Gasteiger partial charge in [-0.15, -0.1) is 0 Å². The first-order valence-electron chi connectivity index (χ1n) is 24.4. The summed E-state index contributed by atoms with van der Waals surface area (Å²) in [6.07, 6.45) is 1.34. The summed E-state index contributed by atoms with van der Waals surface area (Å²) in [5.74, 6) is -7.26. The summed E-state index contributed by atoms with van der Waals surface area (Å²) in [6, 6.07) is 6.58. The molecule has 26 nitrogen and oxygen atoms in total. The van der Waals surface area contributed by atoms with Gasteiger partial charge in [-0.3, -0.25) is 53.1 Å². The van der Waals surface area contributed by atoms with Crippen LogP contribution in [-0.2, 0) is 56.0 Å². The highest BCUT2D eigenvalue weighted by Gasteiger charge is 2.34. The van der Waals surface area contributed by atoms with Gasteiger partial charge in [-0.2, -0.15) is 0 Å². The fourth-order valence-corrected chi connectivity index (χ4v) is 8.11. The van der Waals surface area contributed by atoms with E-state index in [-0.39, 0.29) is 109 Å². The van der Waals surface area contributed by atoms with Gasteiger partial charge in [0.25, 0.3) is 0 Å². The normalized spacial score (nSPS) is 21.2. The van der Waals surface area contributed by atoms with Crippen molar-refractivity contribution in [2.24, 2.45) is 44.4 Å². The molecule has 7 atom stereocenters. The van der Waals surface area contributed by atoms with Gasteiger partial charge in [0.15, 0.2) is 11.9 Å². The Bertz CT molecular complexity index is 2480. The zero-order valence-electron chi connectivity index (χ0n) is 41.5. The summed E-state index contributed by atoms with van der Waals surface area (Å²) in [6.45, 7) is 1.09. The van der Waals surface area contributed by atoms with Gasteiger partial charge in [0, 0.05) is 62.9 Å². The molecule has 74 heavy (non-hydrogen) atoms. The molecule has 9 amide bonds. The Labute approximate surface area is 427 Å². The number of carbonyl (C=O) groups is 9. The van der Waals surface area contributed by atoms with Gasteiger partial charge < -0.3 is 81.9 Å². The van der Waals surface area contributed by atoms with Crippen molar-refractivity contribution in [3.05, 3.63) is 71.9 Å². The van der Waals surface area contributed by atoms with Crippen LogP contribution in [0.5, 0.6) is 0 Å². The first-order valence-corrected chi connectivity index (χ1v) is 24.4. The van der Waals surface area contributed by atoms with E-state index >= 15 is 0 Å². The number of carbonyl (C=O) groups excluding carboxylic acids is 9. The second kappa shape index (κ2) is 29.9. The molecule has 1 aliphatic heterocycles. The van der Waals surface area contributed by atoms with Gasteiger partial charge in [-0.25, -0.2) is 0 Å². The minimum atomic E-state index is -1.42. The number of rotatable bonds is 18. The third kappa shape index (κ3) is 19.7. The number of aliphatic imine (C=N–C) groups is 2. The number of guanidine groups is 2. The Kier molecular flexibility index (Phi) is 23.6. The lowest BCUT2D eigenvalue weighted by Gasteiger charge is -2.28. The molecule has 0 spiro atoms. The maximum Gasteiger partial charge on any atom is 0.243 e. The van der Waals surface area contributed by atoms with Crippen LogP contribution in [0.4, 0.5) is 0 Å². The molecule has 0 aliphatic carbocycles. The number of H-pyrrole nitrogens is 1. The molecule has 26 heteroatoms. The minimum absolute atomic E-state index is 0.0437. The Hall–Kier alpha value is -8.29. The fourth-order valence-electron chi connectivity index (χ4n) is 8.11. The summed E-state index contributed by atoms with van der Waals surface area (Å²) in [4.78, 5) is 135. The van der Waals surface area contributed by atoms with Crippen LogP contribution in [0, 0.1) is 0 Å². The Morgan fingerprint density at radius 3 is 1.92 bits per heavy atom. The highest BCUT2D eigenvalue weighted by Crippen LogP contribution is 2.20. The van der Waals surface area contributed by atoms with Crippen LogP contribution < -0.4 is 76.9 Å². The number of aromatic nitrogens is 1. The van der Waals surface area contributed by atoms with Gasteiger partial charge in [0.2, 0.25) is 53.2 Å². The number of primary amides is 1. The van der Waals surface area contributed by atoms with E-state index in [1.54, 1.807) is 42.6 Å². The van der Waals surface area contributed by atoms with Crippen molar-refractivity contribution in [3.63, 3.8) is 0 Å². The minimum Gasteiger partial charge on any atom is -0.370 e. The van der Waals surface area contributed by atoms with E-state index in [0.29, 0.717) is 11.1 Å². The molecule has 402 valence electrons. The van der Waals surface area contributed by atoms with E-state index in [0.717, 1.165) is 10.9 Å². The van der Waals surface area contributed by atoms with Crippen LogP contribution in [0.3, 0.4) is 0 Å². The largest absolute Gasteiger partial charge is 0.370 e. The lowest BCUT2D eigenvalue weighted by atomic mass is 10.0. The molecule has 0 bridgehead atoms. The maximum atomic E-state index is 14.6. The Morgan fingerprint density at radius 2 is 1.27 bits per heavy atom.